The Balaban J connectivity index is 1.58. The van der Waals surface area contributed by atoms with Gasteiger partial charge in [-0.2, -0.15) is 0 Å². The van der Waals surface area contributed by atoms with Crippen molar-refractivity contribution >= 4 is 40.3 Å². The zero-order valence-corrected chi connectivity index (χ0v) is 18.1. The second kappa shape index (κ2) is 9.89. The van der Waals surface area contributed by atoms with Gasteiger partial charge in [0.05, 0.1) is 6.61 Å². The molecule has 3 aromatic rings. The first kappa shape index (κ1) is 21.3. The molecule has 0 fully saturated rings. The number of nitrogens with one attached hydrogen (secondary N) is 3. The van der Waals surface area contributed by atoms with Crippen molar-refractivity contribution in [1.82, 2.24) is 0 Å². The third-order valence-electron chi connectivity index (χ3n) is 4.47. The monoisotopic (exact) mass is 419 g/mol. The minimum absolute atomic E-state index is 0.179. The molecule has 0 aromatic heterocycles. The summed E-state index contributed by atoms with van der Waals surface area (Å²) in [6.07, 6.45) is 0. The van der Waals surface area contributed by atoms with Crippen LogP contribution in [0.15, 0.2) is 66.7 Å². The first-order valence-corrected chi connectivity index (χ1v) is 10.1. The number of thiocarbonyl (C=S) groups is 1. The van der Waals surface area contributed by atoms with Gasteiger partial charge in [0.1, 0.15) is 5.75 Å². The number of hydrogen-bond donors (Lipinski definition) is 3. The molecule has 0 radical (unpaired) electrons. The van der Waals surface area contributed by atoms with E-state index in [1.54, 1.807) is 12.1 Å². The van der Waals surface area contributed by atoms with Gasteiger partial charge in [-0.05, 0) is 98.7 Å². The van der Waals surface area contributed by atoms with E-state index in [-0.39, 0.29) is 5.91 Å². The Kier molecular flexibility index (Phi) is 7.03. The molecule has 5 nitrogen and oxygen atoms in total. The first-order chi connectivity index (χ1) is 14.4. The fourth-order valence-electron chi connectivity index (χ4n) is 2.86. The molecule has 0 saturated heterocycles. The Morgan fingerprint density at radius 1 is 0.867 bits per heavy atom. The summed E-state index contributed by atoms with van der Waals surface area (Å²) in [5, 5.41) is 9.73. The molecule has 0 aliphatic carbocycles. The van der Waals surface area contributed by atoms with Gasteiger partial charge in [0.2, 0.25) is 0 Å². The number of anilines is 3. The molecule has 0 saturated carbocycles. The standard InChI is InChI=1S/C24H25N3O2S/c1-4-29-21-13-11-19(12-14-21)25-23(28)18-7-9-20(10-8-18)26-24(30)27-22-15-16(2)5-6-17(22)3/h5-15H,4H2,1-3H3,(H,25,28)(H2,26,27,30). The highest BCUT2D eigenvalue weighted by Crippen LogP contribution is 2.19. The molecule has 0 heterocycles. The van der Waals surface area contributed by atoms with Crippen molar-refractivity contribution in [1.29, 1.82) is 0 Å². The lowest BCUT2D eigenvalue weighted by Crippen LogP contribution is -2.20. The predicted octanol–water partition coefficient (Wildman–Crippen LogP) is 5.76. The van der Waals surface area contributed by atoms with Crippen LogP contribution in [0.3, 0.4) is 0 Å². The van der Waals surface area contributed by atoms with Crippen LogP contribution in [0.5, 0.6) is 5.75 Å². The van der Waals surface area contributed by atoms with Crippen molar-refractivity contribution in [2.75, 3.05) is 22.6 Å². The van der Waals surface area contributed by atoms with Crippen molar-refractivity contribution in [2.45, 2.75) is 20.8 Å². The van der Waals surface area contributed by atoms with E-state index >= 15 is 0 Å². The van der Waals surface area contributed by atoms with Gasteiger partial charge in [0.15, 0.2) is 5.11 Å². The van der Waals surface area contributed by atoms with Gasteiger partial charge in [-0.15, -0.1) is 0 Å². The van der Waals surface area contributed by atoms with Crippen molar-refractivity contribution < 1.29 is 9.53 Å². The molecule has 0 aliphatic heterocycles. The Bertz CT molecular complexity index is 1030. The molecule has 0 bridgehead atoms. The SMILES string of the molecule is CCOc1ccc(NC(=O)c2ccc(NC(=S)Nc3cc(C)ccc3C)cc2)cc1. The minimum atomic E-state index is -0.179. The van der Waals surface area contributed by atoms with E-state index in [4.69, 9.17) is 17.0 Å². The summed E-state index contributed by atoms with van der Waals surface area (Å²) in [4.78, 5) is 12.5. The lowest BCUT2D eigenvalue weighted by molar-refractivity contribution is 0.102. The maximum atomic E-state index is 12.5. The Labute approximate surface area is 182 Å². The van der Waals surface area contributed by atoms with Crippen molar-refractivity contribution in [2.24, 2.45) is 0 Å². The highest BCUT2D eigenvalue weighted by molar-refractivity contribution is 7.80. The lowest BCUT2D eigenvalue weighted by atomic mass is 10.1. The van der Waals surface area contributed by atoms with Gasteiger partial charge in [-0.25, -0.2) is 0 Å². The second-order valence-corrected chi connectivity index (χ2v) is 7.29. The Morgan fingerprint density at radius 2 is 1.50 bits per heavy atom. The molecular formula is C24H25N3O2S. The zero-order chi connectivity index (χ0) is 21.5. The van der Waals surface area contributed by atoms with Crippen LogP contribution in [-0.4, -0.2) is 17.6 Å². The Hall–Kier alpha value is -3.38. The third-order valence-corrected chi connectivity index (χ3v) is 4.67. The quantitative estimate of drug-likeness (QED) is 0.443. The number of aryl methyl sites for hydroxylation is 2. The number of hydrogen-bond acceptors (Lipinski definition) is 3. The van der Waals surface area contributed by atoms with Gasteiger partial charge in [-0.1, -0.05) is 12.1 Å². The summed E-state index contributed by atoms with van der Waals surface area (Å²) < 4.78 is 5.41. The topological polar surface area (TPSA) is 62.4 Å². The van der Waals surface area contributed by atoms with Crippen LogP contribution in [0.25, 0.3) is 0 Å². The molecule has 30 heavy (non-hydrogen) atoms. The fraction of sp³-hybridized carbons (Fsp3) is 0.167. The van der Waals surface area contributed by atoms with Crippen molar-refractivity contribution in [3.8, 4) is 5.75 Å². The number of benzene rings is 3. The van der Waals surface area contributed by atoms with E-state index in [1.807, 2.05) is 57.2 Å². The maximum absolute atomic E-state index is 12.5. The Morgan fingerprint density at radius 3 is 2.17 bits per heavy atom. The van der Waals surface area contributed by atoms with Crippen LogP contribution in [-0.2, 0) is 0 Å². The smallest absolute Gasteiger partial charge is 0.255 e. The molecule has 154 valence electrons. The van der Waals surface area contributed by atoms with Gasteiger partial charge in [0.25, 0.3) is 5.91 Å². The lowest BCUT2D eigenvalue weighted by Gasteiger charge is -2.13. The average Bonchev–Trinajstić information content (AvgIpc) is 2.73. The van der Waals surface area contributed by atoms with E-state index in [0.29, 0.717) is 23.0 Å². The highest BCUT2D eigenvalue weighted by atomic mass is 32.1. The molecule has 1 amide bonds. The summed E-state index contributed by atoms with van der Waals surface area (Å²) >= 11 is 5.41. The van der Waals surface area contributed by atoms with Crippen molar-refractivity contribution in [3.05, 3.63) is 83.4 Å². The van der Waals surface area contributed by atoms with Crippen LogP contribution in [0.4, 0.5) is 17.1 Å². The molecule has 0 unspecified atom stereocenters. The van der Waals surface area contributed by atoms with E-state index in [2.05, 4.69) is 34.1 Å². The molecule has 0 spiro atoms. The minimum Gasteiger partial charge on any atom is -0.494 e. The molecule has 3 rings (SSSR count). The van der Waals surface area contributed by atoms with E-state index in [1.165, 1.54) is 0 Å². The summed E-state index contributed by atoms with van der Waals surface area (Å²) in [5.74, 6) is 0.596. The second-order valence-electron chi connectivity index (χ2n) is 6.89. The van der Waals surface area contributed by atoms with Crippen LogP contribution in [0.2, 0.25) is 0 Å². The fourth-order valence-corrected chi connectivity index (χ4v) is 3.09. The van der Waals surface area contributed by atoms with Gasteiger partial charge in [0, 0.05) is 22.6 Å². The third kappa shape index (κ3) is 5.81. The van der Waals surface area contributed by atoms with Crippen LogP contribution < -0.4 is 20.7 Å². The van der Waals surface area contributed by atoms with Crippen molar-refractivity contribution in [3.63, 3.8) is 0 Å². The van der Waals surface area contributed by atoms with Gasteiger partial charge < -0.3 is 20.7 Å². The summed E-state index contributed by atoms with van der Waals surface area (Å²) in [5.41, 5.74) is 5.32. The summed E-state index contributed by atoms with van der Waals surface area (Å²) in [7, 11) is 0. The molecule has 0 aliphatic rings. The van der Waals surface area contributed by atoms with Crippen LogP contribution in [0, 0.1) is 13.8 Å². The van der Waals surface area contributed by atoms with Gasteiger partial charge >= 0.3 is 0 Å². The number of amides is 1. The molecule has 3 N–H and O–H groups in total. The predicted molar refractivity (Wildman–Crippen MR) is 128 cm³/mol. The number of rotatable bonds is 6. The zero-order valence-electron chi connectivity index (χ0n) is 17.3. The molecular weight excluding hydrogens is 394 g/mol. The maximum Gasteiger partial charge on any atom is 0.255 e. The highest BCUT2D eigenvalue weighted by Gasteiger charge is 2.07. The molecule has 3 aromatic carbocycles. The van der Waals surface area contributed by atoms with Crippen LogP contribution in [0.1, 0.15) is 28.4 Å². The van der Waals surface area contributed by atoms with E-state index < -0.39 is 0 Å². The summed E-state index contributed by atoms with van der Waals surface area (Å²) in [6, 6.07) is 20.6. The average molecular weight is 420 g/mol. The van der Waals surface area contributed by atoms with E-state index in [0.717, 1.165) is 28.3 Å². The summed E-state index contributed by atoms with van der Waals surface area (Å²) in [6.45, 7) is 6.61. The molecule has 0 atom stereocenters. The normalized spacial score (nSPS) is 10.2. The van der Waals surface area contributed by atoms with Gasteiger partial charge in [-0.3, -0.25) is 4.79 Å². The number of ether oxygens (including phenoxy) is 1. The molecule has 6 heteroatoms. The number of carbonyl (C=O) groups is 1. The largest absolute Gasteiger partial charge is 0.494 e. The van der Waals surface area contributed by atoms with Crippen LogP contribution >= 0.6 is 12.2 Å². The number of carbonyl (C=O) groups excluding carboxylic acids is 1. The first-order valence-electron chi connectivity index (χ1n) is 9.74. The van der Waals surface area contributed by atoms with E-state index in [9.17, 15) is 4.79 Å².